The van der Waals surface area contributed by atoms with Crippen molar-refractivity contribution in [2.24, 2.45) is 5.41 Å². The van der Waals surface area contributed by atoms with Gasteiger partial charge < -0.3 is 19.9 Å². The van der Waals surface area contributed by atoms with E-state index in [1.807, 2.05) is 11.0 Å². The maximum absolute atomic E-state index is 12.5. The number of ether oxygens (including phenoxy) is 1. The van der Waals surface area contributed by atoms with Gasteiger partial charge in [0.05, 0.1) is 0 Å². The summed E-state index contributed by atoms with van der Waals surface area (Å²) in [5, 5.41) is 3.12. The smallest absolute Gasteiger partial charge is 0.222 e. The number of hydrogen-bond acceptors (Lipinski definition) is 4. The van der Waals surface area contributed by atoms with E-state index in [1.54, 1.807) is 0 Å². The van der Waals surface area contributed by atoms with Gasteiger partial charge in [0.1, 0.15) is 0 Å². The maximum atomic E-state index is 12.5. The van der Waals surface area contributed by atoms with Crippen LogP contribution in [0, 0.1) is 5.41 Å². The van der Waals surface area contributed by atoms with Gasteiger partial charge in [-0.1, -0.05) is 24.3 Å². The number of nitrogens with zero attached hydrogens (tertiary/aromatic N) is 2. The molecular weight excluding hydrogens is 366 g/mol. The molecule has 6 heteroatoms. The lowest BCUT2D eigenvalue weighted by Crippen LogP contribution is -2.47. The number of nitrogens with one attached hydrogen (secondary N) is 1. The van der Waals surface area contributed by atoms with Crippen molar-refractivity contribution < 1.29 is 14.3 Å². The van der Waals surface area contributed by atoms with Gasteiger partial charge in [0.25, 0.3) is 0 Å². The van der Waals surface area contributed by atoms with Gasteiger partial charge in [0.15, 0.2) is 0 Å². The molecule has 0 saturated carbocycles. The number of carbonyl (C=O) groups is 2. The summed E-state index contributed by atoms with van der Waals surface area (Å²) in [6, 6.07) is 8.32. The van der Waals surface area contributed by atoms with Gasteiger partial charge >= 0.3 is 0 Å². The molecule has 1 aromatic rings. The molecule has 0 atom stereocenters. The lowest BCUT2D eigenvalue weighted by Gasteiger charge is -2.39. The molecule has 1 N–H and O–H groups in total. The van der Waals surface area contributed by atoms with Gasteiger partial charge in [-0.05, 0) is 50.9 Å². The highest BCUT2D eigenvalue weighted by atomic mass is 16.5. The zero-order valence-electron chi connectivity index (χ0n) is 17.9. The van der Waals surface area contributed by atoms with Crippen LogP contribution in [-0.2, 0) is 27.3 Å². The molecule has 3 rings (SSSR count). The van der Waals surface area contributed by atoms with Crippen LogP contribution in [0.4, 0.5) is 0 Å². The Morgan fingerprint density at radius 3 is 2.59 bits per heavy atom. The number of carbonyl (C=O) groups excluding carboxylic acids is 2. The van der Waals surface area contributed by atoms with E-state index in [4.69, 9.17) is 4.74 Å². The van der Waals surface area contributed by atoms with E-state index in [-0.39, 0.29) is 17.2 Å². The van der Waals surface area contributed by atoms with Gasteiger partial charge in [0, 0.05) is 57.6 Å². The second-order valence-electron chi connectivity index (χ2n) is 8.81. The van der Waals surface area contributed by atoms with Crippen LogP contribution in [0.15, 0.2) is 24.3 Å². The number of fused-ring (bicyclic) bond motifs is 1. The quantitative estimate of drug-likeness (QED) is 0.726. The van der Waals surface area contributed by atoms with Crippen molar-refractivity contribution in [1.82, 2.24) is 15.1 Å². The van der Waals surface area contributed by atoms with Gasteiger partial charge in [-0.2, -0.15) is 0 Å². The van der Waals surface area contributed by atoms with Crippen LogP contribution in [0.3, 0.4) is 0 Å². The number of benzene rings is 1. The van der Waals surface area contributed by atoms with Crippen LogP contribution >= 0.6 is 0 Å². The Bertz CT molecular complexity index is 698. The van der Waals surface area contributed by atoms with Gasteiger partial charge in [-0.15, -0.1) is 0 Å². The first-order valence-electron chi connectivity index (χ1n) is 10.8. The van der Waals surface area contributed by atoms with Crippen molar-refractivity contribution >= 4 is 11.8 Å². The molecule has 0 radical (unpaired) electrons. The van der Waals surface area contributed by atoms with Crippen LogP contribution < -0.4 is 5.32 Å². The third-order valence-corrected chi connectivity index (χ3v) is 6.14. The van der Waals surface area contributed by atoms with Crippen LogP contribution in [0.2, 0.25) is 0 Å². The monoisotopic (exact) mass is 401 g/mol. The Kier molecular flexibility index (Phi) is 7.67. The summed E-state index contributed by atoms with van der Waals surface area (Å²) in [6.45, 7) is 4.62. The predicted molar refractivity (Wildman–Crippen MR) is 113 cm³/mol. The molecule has 2 aliphatic rings. The van der Waals surface area contributed by atoms with E-state index in [2.05, 4.69) is 42.5 Å². The maximum Gasteiger partial charge on any atom is 0.222 e. The fourth-order valence-electron chi connectivity index (χ4n) is 4.51. The zero-order chi connectivity index (χ0) is 20.7. The van der Waals surface area contributed by atoms with E-state index in [1.165, 1.54) is 11.1 Å². The average molecular weight is 402 g/mol. The molecule has 1 fully saturated rings. The van der Waals surface area contributed by atoms with Crippen LogP contribution in [-0.4, -0.2) is 68.6 Å². The molecule has 0 bridgehead atoms. The Morgan fingerprint density at radius 1 is 1.14 bits per heavy atom. The minimum absolute atomic E-state index is 0.0476. The van der Waals surface area contributed by atoms with Crippen molar-refractivity contribution in [3.8, 4) is 0 Å². The summed E-state index contributed by atoms with van der Waals surface area (Å²) in [5.74, 6) is 0.201. The summed E-state index contributed by atoms with van der Waals surface area (Å²) in [7, 11) is 4.15. The summed E-state index contributed by atoms with van der Waals surface area (Å²) >= 11 is 0. The van der Waals surface area contributed by atoms with Gasteiger partial charge in [-0.25, -0.2) is 0 Å². The molecule has 29 heavy (non-hydrogen) atoms. The van der Waals surface area contributed by atoms with Gasteiger partial charge in [-0.3, -0.25) is 9.59 Å². The zero-order valence-corrected chi connectivity index (χ0v) is 17.9. The predicted octanol–water partition coefficient (Wildman–Crippen LogP) is 2.22. The second kappa shape index (κ2) is 10.2. The summed E-state index contributed by atoms with van der Waals surface area (Å²) in [5.41, 5.74) is 2.68. The van der Waals surface area contributed by atoms with Crippen molar-refractivity contribution in [3.63, 3.8) is 0 Å². The molecule has 1 saturated heterocycles. The highest BCUT2D eigenvalue weighted by Gasteiger charge is 2.33. The fraction of sp³-hybridized carbons (Fsp3) is 0.652. The number of hydrogen-bond donors (Lipinski definition) is 1. The average Bonchev–Trinajstić information content (AvgIpc) is 2.72. The highest BCUT2D eigenvalue weighted by Crippen LogP contribution is 2.30. The lowest BCUT2D eigenvalue weighted by molar-refractivity contribution is -0.132. The van der Waals surface area contributed by atoms with Crippen molar-refractivity contribution in [3.05, 3.63) is 35.4 Å². The Labute approximate surface area is 174 Å². The minimum Gasteiger partial charge on any atom is -0.381 e. The van der Waals surface area contributed by atoms with E-state index in [0.29, 0.717) is 32.4 Å². The first kappa shape index (κ1) is 21.8. The molecule has 6 nitrogen and oxygen atoms in total. The Hall–Kier alpha value is -1.92. The number of rotatable bonds is 8. The summed E-state index contributed by atoms with van der Waals surface area (Å²) in [4.78, 5) is 29.0. The van der Waals surface area contributed by atoms with Crippen molar-refractivity contribution in [1.29, 1.82) is 0 Å². The molecule has 1 aromatic carbocycles. The molecule has 0 spiro atoms. The normalized spacial score (nSPS) is 18.4. The molecule has 0 aliphatic carbocycles. The molecule has 2 heterocycles. The largest absolute Gasteiger partial charge is 0.381 e. The van der Waals surface area contributed by atoms with Crippen molar-refractivity contribution in [2.75, 3.05) is 46.9 Å². The third-order valence-electron chi connectivity index (χ3n) is 6.14. The standard InChI is InChI=1S/C23H35N3O3/c1-25(2)18-23(11-14-29-15-12-23)17-24-21(27)8-5-9-22(28)26-13-10-19-6-3-4-7-20(19)16-26/h3-4,6-7H,5,8-18H2,1-2H3,(H,24,27). The molecule has 0 unspecified atom stereocenters. The fourth-order valence-corrected chi connectivity index (χ4v) is 4.51. The lowest BCUT2D eigenvalue weighted by atomic mass is 9.79. The molecule has 2 amide bonds. The van der Waals surface area contributed by atoms with Gasteiger partial charge in [0.2, 0.25) is 11.8 Å². The van der Waals surface area contributed by atoms with E-state index < -0.39 is 0 Å². The van der Waals surface area contributed by atoms with Crippen LogP contribution in [0.1, 0.15) is 43.2 Å². The second-order valence-corrected chi connectivity index (χ2v) is 8.81. The van der Waals surface area contributed by atoms with E-state index in [0.717, 1.165) is 45.6 Å². The topological polar surface area (TPSA) is 61.9 Å². The minimum atomic E-state index is 0.0476. The summed E-state index contributed by atoms with van der Waals surface area (Å²) in [6.07, 6.45) is 4.31. The van der Waals surface area contributed by atoms with Crippen molar-refractivity contribution in [2.45, 2.75) is 45.1 Å². The molecular formula is C23H35N3O3. The number of amides is 2. The highest BCUT2D eigenvalue weighted by molar-refractivity contribution is 5.79. The molecule has 2 aliphatic heterocycles. The van der Waals surface area contributed by atoms with Crippen LogP contribution in [0.25, 0.3) is 0 Å². The molecule has 0 aromatic heterocycles. The SMILES string of the molecule is CN(C)CC1(CNC(=O)CCCC(=O)N2CCc3ccccc3C2)CCOCC1. The van der Waals surface area contributed by atoms with E-state index in [9.17, 15) is 9.59 Å². The molecule has 160 valence electrons. The Balaban J connectivity index is 1.39. The first-order chi connectivity index (χ1) is 14.0. The first-order valence-corrected chi connectivity index (χ1v) is 10.8. The van der Waals surface area contributed by atoms with Crippen LogP contribution in [0.5, 0.6) is 0 Å². The summed E-state index contributed by atoms with van der Waals surface area (Å²) < 4.78 is 5.51. The Morgan fingerprint density at radius 2 is 1.86 bits per heavy atom. The van der Waals surface area contributed by atoms with E-state index >= 15 is 0 Å². The third kappa shape index (κ3) is 6.28.